The lowest BCUT2D eigenvalue weighted by molar-refractivity contribution is 0.211. The lowest BCUT2D eigenvalue weighted by Crippen LogP contribution is -2.19. The van der Waals surface area contributed by atoms with Gasteiger partial charge >= 0.3 is 0 Å². The third-order valence-electron chi connectivity index (χ3n) is 3.44. The Labute approximate surface area is 91.1 Å². The molecule has 84 valence electrons. The molecule has 15 heavy (non-hydrogen) atoms. The van der Waals surface area contributed by atoms with Gasteiger partial charge in [0.2, 0.25) is 0 Å². The van der Waals surface area contributed by atoms with Gasteiger partial charge in [-0.05, 0) is 37.7 Å². The fraction of sp³-hybridized carbons (Fsp3) is 0.750. The molecule has 1 aromatic rings. The minimum atomic E-state index is 0.264. The minimum absolute atomic E-state index is 0.264. The molecule has 3 nitrogen and oxygen atoms in total. The van der Waals surface area contributed by atoms with Crippen molar-refractivity contribution in [1.82, 2.24) is 9.78 Å². The molecule has 0 spiro atoms. The predicted octanol–water partition coefficient (Wildman–Crippen LogP) is 2.31. The van der Waals surface area contributed by atoms with E-state index in [4.69, 9.17) is 5.11 Å². The van der Waals surface area contributed by atoms with Crippen molar-refractivity contribution < 1.29 is 5.11 Å². The first kappa shape index (κ1) is 10.7. The lowest BCUT2D eigenvalue weighted by atomic mass is 9.96. The summed E-state index contributed by atoms with van der Waals surface area (Å²) >= 11 is 0. The van der Waals surface area contributed by atoms with Crippen LogP contribution in [0.25, 0.3) is 0 Å². The van der Waals surface area contributed by atoms with Gasteiger partial charge in [0, 0.05) is 12.8 Å². The molecule has 0 bridgehead atoms. The highest BCUT2D eigenvalue weighted by Crippen LogP contribution is 2.35. The molecule has 1 unspecified atom stereocenters. The van der Waals surface area contributed by atoms with Crippen LogP contribution in [0.1, 0.15) is 43.7 Å². The zero-order valence-electron chi connectivity index (χ0n) is 9.39. The second-order valence-electron chi connectivity index (χ2n) is 4.62. The van der Waals surface area contributed by atoms with Crippen molar-refractivity contribution in [3.05, 3.63) is 18.0 Å². The van der Waals surface area contributed by atoms with E-state index in [0.717, 1.165) is 12.3 Å². The quantitative estimate of drug-likeness (QED) is 0.824. The van der Waals surface area contributed by atoms with Crippen LogP contribution in [0.4, 0.5) is 0 Å². The Morgan fingerprint density at radius 1 is 1.53 bits per heavy atom. The molecule has 1 heterocycles. The van der Waals surface area contributed by atoms with Crippen LogP contribution in [0, 0.1) is 12.8 Å². The van der Waals surface area contributed by atoms with E-state index in [1.165, 1.54) is 31.2 Å². The Balaban J connectivity index is 2.11. The minimum Gasteiger partial charge on any atom is -0.396 e. The van der Waals surface area contributed by atoms with Gasteiger partial charge in [0.1, 0.15) is 0 Å². The Bertz CT molecular complexity index is 302. The third-order valence-corrected chi connectivity index (χ3v) is 3.44. The average molecular weight is 208 g/mol. The van der Waals surface area contributed by atoms with Gasteiger partial charge in [-0.15, -0.1) is 0 Å². The van der Waals surface area contributed by atoms with E-state index < -0.39 is 0 Å². The van der Waals surface area contributed by atoms with Gasteiger partial charge in [-0.3, -0.25) is 4.68 Å². The Kier molecular flexibility index (Phi) is 3.41. The molecule has 1 aliphatic rings. The number of aliphatic hydroxyl groups is 1. The number of rotatable bonds is 4. The summed E-state index contributed by atoms with van der Waals surface area (Å²) in [5.41, 5.74) is 1.20. The second-order valence-corrected chi connectivity index (χ2v) is 4.62. The van der Waals surface area contributed by atoms with Crippen LogP contribution < -0.4 is 0 Å². The molecule has 0 amide bonds. The standard InChI is InChI=1S/C12H20N2O/c1-10-8-13-14(9-10)12(6-7-15)11-4-2-3-5-11/h8-9,11-12,15H,2-7H2,1H3. The summed E-state index contributed by atoms with van der Waals surface area (Å²) in [5, 5.41) is 13.5. The van der Waals surface area contributed by atoms with Gasteiger partial charge in [0.05, 0.1) is 12.2 Å². The largest absolute Gasteiger partial charge is 0.396 e. The van der Waals surface area contributed by atoms with Crippen molar-refractivity contribution in [2.45, 2.75) is 45.1 Å². The summed E-state index contributed by atoms with van der Waals surface area (Å²) in [6.07, 6.45) is 10.1. The molecule has 0 aromatic carbocycles. The number of aromatic nitrogens is 2. The van der Waals surface area contributed by atoms with E-state index in [0.29, 0.717) is 6.04 Å². The average Bonchev–Trinajstić information content (AvgIpc) is 2.85. The molecule has 0 saturated heterocycles. The molecule has 1 atom stereocenters. The van der Waals surface area contributed by atoms with Crippen LogP contribution in [-0.2, 0) is 0 Å². The number of aryl methyl sites for hydroxylation is 1. The summed E-state index contributed by atoms with van der Waals surface area (Å²) in [4.78, 5) is 0. The summed E-state index contributed by atoms with van der Waals surface area (Å²) in [6.45, 7) is 2.33. The fourth-order valence-electron chi connectivity index (χ4n) is 2.67. The molecule has 0 aliphatic heterocycles. The molecule has 1 aliphatic carbocycles. The molecular weight excluding hydrogens is 188 g/mol. The number of hydrogen-bond acceptors (Lipinski definition) is 2. The van der Waals surface area contributed by atoms with Crippen LogP contribution in [-0.4, -0.2) is 21.5 Å². The van der Waals surface area contributed by atoms with Crippen molar-refractivity contribution in [3.63, 3.8) is 0 Å². The molecular formula is C12H20N2O. The second kappa shape index (κ2) is 4.79. The van der Waals surface area contributed by atoms with Crippen molar-refractivity contribution in [2.24, 2.45) is 5.92 Å². The molecule has 1 saturated carbocycles. The SMILES string of the molecule is Cc1cnn(C(CCO)C2CCCC2)c1. The van der Waals surface area contributed by atoms with Crippen molar-refractivity contribution in [3.8, 4) is 0 Å². The molecule has 1 fully saturated rings. The number of nitrogens with zero attached hydrogens (tertiary/aromatic N) is 2. The van der Waals surface area contributed by atoms with E-state index in [1.807, 2.05) is 6.20 Å². The topological polar surface area (TPSA) is 38.0 Å². The van der Waals surface area contributed by atoms with Crippen LogP contribution in [0.5, 0.6) is 0 Å². The monoisotopic (exact) mass is 208 g/mol. The first-order chi connectivity index (χ1) is 7.31. The van der Waals surface area contributed by atoms with Gasteiger partial charge in [0.25, 0.3) is 0 Å². The van der Waals surface area contributed by atoms with Gasteiger partial charge in [0.15, 0.2) is 0 Å². The Morgan fingerprint density at radius 3 is 2.80 bits per heavy atom. The van der Waals surface area contributed by atoms with E-state index in [2.05, 4.69) is 22.9 Å². The summed E-state index contributed by atoms with van der Waals surface area (Å²) in [5.74, 6) is 0.719. The molecule has 2 rings (SSSR count). The van der Waals surface area contributed by atoms with Crippen LogP contribution in [0.3, 0.4) is 0 Å². The van der Waals surface area contributed by atoms with Crippen molar-refractivity contribution >= 4 is 0 Å². The normalized spacial score (nSPS) is 19.6. The van der Waals surface area contributed by atoms with Crippen LogP contribution in [0.15, 0.2) is 12.4 Å². The first-order valence-corrected chi connectivity index (χ1v) is 5.93. The van der Waals surface area contributed by atoms with Gasteiger partial charge in [-0.25, -0.2) is 0 Å². The highest BCUT2D eigenvalue weighted by Gasteiger charge is 2.26. The van der Waals surface area contributed by atoms with Gasteiger partial charge in [-0.1, -0.05) is 12.8 Å². The first-order valence-electron chi connectivity index (χ1n) is 5.93. The van der Waals surface area contributed by atoms with E-state index in [1.54, 1.807) is 0 Å². The predicted molar refractivity (Wildman–Crippen MR) is 59.7 cm³/mol. The van der Waals surface area contributed by atoms with Gasteiger partial charge in [-0.2, -0.15) is 5.10 Å². The Hall–Kier alpha value is -0.830. The zero-order chi connectivity index (χ0) is 10.7. The van der Waals surface area contributed by atoms with E-state index in [9.17, 15) is 0 Å². The van der Waals surface area contributed by atoms with Crippen LogP contribution in [0.2, 0.25) is 0 Å². The molecule has 3 heteroatoms. The Morgan fingerprint density at radius 2 is 2.27 bits per heavy atom. The molecule has 0 radical (unpaired) electrons. The maximum Gasteiger partial charge on any atom is 0.0569 e. The summed E-state index contributed by atoms with van der Waals surface area (Å²) < 4.78 is 2.06. The fourth-order valence-corrected chi connectivity index (χ4v) is 2.67. The zero-order valence-corrected chi connectivity index (χ0v) is 9.39. The van der Waals surface area contributed by atoms with Crippen molar-refractivity contribution in [2.75, 3.05) is 6.61 Å². The number of hydrogen-bond donors (Lipinski definition) is 1. The van der Waals surface area contributed by atoms with Gasteiger partial charge < -0.3 is 5.11 Å². The van der Waals surface area contributed by atoms with E-state index >= 15 is 0 Å². The van der Waals surface area contributed by atoms with E-state index in [-0.39, 0.29) is 6.61 Å². The molecule has 1 aromatic heterocycles. The molecule has 1 N–H and O–H groups in total. The summed E-state index contributed by atoms with van der Waals surface area (Å²) in [7, 11) is 0. The summed E-state index contributed by atoms with van der Waals surface area (Å²) in [6, 6.07) is 0.409. The maximum absolute atomic E-state index is 9.12. The highest BCUT2D eigenvalue weighted by atomic mass is 16.3. The lowest BCUT2D eigenvalue weighted by Gasteiger charge is -2.23. The van der Waals surface area contributed by atoms with Crippen LogP contribution >= 0.6 is 0 Å². The third kappa shape index (κ3) is 2.40. The highest BCUT2D eigenvalue weighted by molar-refractivity contribution is 5.01. The number of aliphatic hydroxyl groups excluding tert-OH is 1. The van der Waals surface area contributed by atoms with Crippen molar-refractivity contribution in [1.29, 1.82) is 0 Å². The smallest absolute Gasteiger partial charge is 0.0569 e. The maximum atomic E-state index is 9.12.